The summed E-state index contributed by atoms with van der Waals surface area (Å²) in [4.78, 5) is 28.2. The first-order valence-electron chi connectivity index (χ1n) is 9.56. The molecule has 0 aromatic carbocycles. The van der Waals surface area contributed by atoms with Crippen molar-refractivity contribution in [3.05, 3.63) is 16.0 Å². The fourth-order valence-corrected chi connectivity index (χ4v) is 6.33. The van der Waals surface area contributed by atoms with Crippen LogP contribution in [0.15, 0.2) is 4.34 Å². The molecular formula is C18H22N4O4S3. The standard InChI is InChI=1S/C18H22N4O4S3/c1-2-26-16(24)14-11-4-3-5-12(11)28-15(14)19-13(23)10-27-18-21-20-17(29-18)22-6-8-25-9-7-22/h2-10H2,1H3,(H,19,23). The van der Waals surface area contributed by atoms with Gasteiger partial charge in [0.1, 0.15) is 5.00 Å². The monoisotopic (exact) mass is 454 g/mol. The molecular weight excluding hydrogens is 432 g/mol. The summed E-state index contributed by atoms with van der Waals surface area (Å²) in [6.45, 7) is 5.09. The Bertz CT molecular complexity index is 892. The summed E-state index contributed by atoms with van der Waals surface area (Å²) in [5.41, 5.74) is 1.57. The van der Waals surface area contributed by atoms with Gasteiger partial charge in [0.25, 0.3) is 0 Å². The maximum atomic E-state index is 12.5. The number of hydrogen-bond acceptors (Lipinski definition) is 10. The van der Waals surface area contributed by atoms with Gasteiger partial charge in [0.2, 0.25) is 11.0 Å². The molecule has 1 fully saturated rings. The van der Waals surface area contributed by atoms with Crippen LogP contribution in [0.3, 0.4) is 0 Å². The molecule has 0 unspecified atom stereocenters. The Hall–Kier alpha value is -1.69. The first-order chi connectivity index (χ1) is 14.2. The molecule has 0 radical (unpaired) electrons. The number of fused-ring (bicyclic) bond motifs is 1. The van der Waals surface area contributed by atoms with Gasteiger partial charge in [0.05, 0.1) is 31.1 Å². The highest BCUT2D eigenvalue weighted by molar-refractivity contribution is 8.01. The smallest absolute Gasteiger partial charge is 0.341 e. The normalized spacial score (nSPS) is 16.0. The van der Waals surface area contributed by atoms with Crippen molar-refractivity contribution in [1.82, 2.24) is 10.2 Å². The van der Waals surface area contributed by atoms with E-state index < -0.39 is 0 Å². The second-order valence-corrected chi connectivity index (χ2v) is 9.85. The lowest BCUT2D eigenvalue weighted by Gasteiger charge is -2.25. The van der Waals surface area contributed by atoms with E-state index in [1.54, 1.807) is 6.92 Å². The van der Waals surface area contributed by atoms with Crippen LogP contribution in [-0.2, 0) is 27.1 Å². The number of anilines is 2. The molecule has 3 heterocycles. The van der Waals surface area contributed by atoms with Crippen LogP contribution < -0.4 is 10.2 Å². The number of esters is 1. The maximum absolute atomic E-state index is 12.5. The van der Waals surface area contributed by atoms with Crippen molar-refractivity contribution in [2.24, 2.45) is 0 Å². The van der Waals surface area contributed by atoms with E-state index >= 15 is 0 Å². The van der Waals surface area contributed by atoms with Crippen molar-refractivity contribution in [2.45, 2.75) is 30.5 Å². The lowest BCUT2D eigenvalue weighted by Crippen LogP contribution is -2.36. The Morgan fingerprint density at radius 1 is 1.24 bits per heavy atom. The summed E-state index contributed by atoms with van der Waals surface area (Å²) < 4.78 is 11.3. The van der Waals surface area contributed by atoms with Crippen LogP contribution in [0.5, 0.6) is 0 Å². The number of ether oxygens (including phenoxy) is 2. The number of carbonyl (C=O) groups excluding carboxylic acids is 2. The number of amides is 1. The summed E-state index contributed by atoms with van der Waals surface area (Å²) in [6, 6.07) is 0. The minimum atomic E-state index is -0.353. The predicted molar refractivity (Wildman–Crippen MR) is 115 cm³/mol. The third-order valence-electron chi connectivity index (χ3n) is 4.66. The second kappa shape index (κ2) is 9.41. The zero-order valence-corrected chi connectivity index (χ0v) is 18.5. The SMILES string of the molecule is CCOC(=O)c1c(NC(=O)CSc2nnc(N3CCOCC3)s2)sc2c1CCC2. The number of rotatable bonds is 7. The van der Waals surface area contributed by atoms with E-state index in [0.29, 0.717) is 30.4 Å². The molecule has 0 bridgehead atoms. The molecule has 0 atom stereocenters. The number of aromatic nitrogens is 2. The minimum absolute atomic E-state index is 0.163. The number of carbonyl (C=O) groups is 2. The van der Waals surface area contributed by atoms with E-state index in [2.05, 4.69) is 20.4 Å². The highest BCUT2D eigenvalue weighted by atomic mass is 32.2. The molecule has 2 aromatic rings. The second-order valence-electron chi connectivity index (χ2n) is 6.57. The van der Waals surface area contributed by atoms with Crippen LogP contribution >= 0.6 is 34.4 Å². The number of thiophene rings is 1. The van der Waals surface area contributed by atoms with E-state index in [1.165, 1.54) is 39.3 Å². The van der Waals surface area contributed by atoms with Crippen molar-refractivity contribution in [3.63, 3.8) is 0 Å². The van der Waals surface area contributed by atoms with Crippen LogP contribution in [0.25, 0.3) is 0 Å². The number of nitrogens with zero attached hydrogens (tertiary/aromatic N) is 3. The average Bonchev–Trinajstić information content (AvgIpc) is 3.43. The van der Waals surface area contributed by atoms with Crippen molar-refractivity contribution < 1.29 is 19.1 Å². The van der Waals surface area contributed by atoms with Gasteiger partial charge in [-0.3, -0.25) is 4.79 Å². The summed E-state index contributed by atoms with van der Waals surface area (Å²) in [6.07, 6.45) is 2.85. The first kappa shape index (κ1) is 20.6. The van der Waals surface area contributed by atoms with Gasteiger partial charge in [-0.25, -0.2) is 4.79 Å². The Morgan fingerprint density at radius 3 is 2.86 bits per heavy atom. The van der Waals surface area contributed by atoms with Crippen LogP contribution in [0.4, 0.5) is 10.1 Å². The molecule has 8 nitrogen and oxygen atoms in total. The van der Waals surface area contributed by atoms with Crippen LogP contribution in [0, 0.1) is 0 Å². The molecule has 156 valence electrons. The summed E-state index contributed by atoms with van der Waals surface area (Å²) in [5.74, 6) is -0.305. The largest absolute Gasteiger partial charge is 0.462 e. The van der Waals surface area contributed by atoms with E-state index in [-0.39, 0.29) is 17.6 Å². The number of morpholine rings is 1. The topological polar surface area (TPSA) is 93.6 Å². The van der Waals surface area contributed by atoms with Crippen molar-refractivity contribution in [1.29, 1.82) is 0 Å². The van der Waals surface area contributed by atoms with Crippen molar-refractivity contribution >= 4 is 56.4 Å². The third-order valence-corrected chi connectivity index (χ3v) is 7.98. The van der Waals surface area contributed by atoms with Gasteiger partial charge in [-0.2, -0.15) is 0 Å². The molecule has 2 aromatic heterocycles. The first-order valence-corrected chi connectivity index (χ1v) is 12.2. The minimum Gasteiger partial charge on any atom is -0.462 e. The Kier molecular flexibility index (Phi) is 6.68. The fraction of sp³-hybridized carbons (Fsp3) is 0.556. The molecule has 2 aliphatic rings. The quantitative estimate of drug-likeness (QED) is 0.504. The van der Waals surface area contributed by atoms with Gasteiger partial charge in [-0.05, 0) is 31.7 Å². The van der Waals surface area contributed by atoms with Gasteiger partial charge < -0.3 is 19.7 Å². The van der Waals surface area contributed by atoms with Crippen LogP contribution in [-0.4, -0.2) is 60.7 Å². The Labute approximate surface area is 181 Å². The molecule has 0 spiro atoms. The molecule has 1 amide bonds. The molecule has 0 saturated carbocycles. The van der Waals surface area contributed by atoms with Gasteiger partial charge in [-0.15, -0.1) is 21.5 Å². The lowest BCUT2D eigenvalue weighted by molar-refractivity contribution is -0.113. The molecule has 1 N–H and O–H groups in total. The highest BCUT2D eigenvalue weighted by Crippen LogP contribution is 2.39. The Balaban J connectivity index is 1.37. The van der Waals surface area contributed by atoms with Crippen LogP contribution in [0.1, 0.15) is 34.1 Å². The van der Waals surface area contributed by atoms with Crippen molar-refractivity contribution in [3.8, 4) is 0 Å². The number of nitrogens with one attached hydrogen (secondary N) is 1. The fourth-order valence-electron chi connectivity index (χ4n) is 3.34. The molecule has 1 saturated heterocycles. The van der Waals surface area contributed by atoms with Gasteiger partial charge in [0, 0.05) is 18.0 Å². The molecule has 29 heavy (non-hydrogen) atoms. The predicted octanol–water partition coefficient (Wildman–Crippen LogP) is 2.83. The average molecular weight is 455 g/mol. The summed E-state index contributed by atoms with van der Waals surface area (Å²) >= 11 is 4.32. The van der Waals surface area contributed by atoms with Crippen molar-refractivity contribution in [2.75, 3.05) is 48.9 Å². The zero-order valence-electron chi connectivity index (χ0n) is 16.1. The number of aryl methyl sites for hydroxylation is 1. The van der Waals surface area contributed by atoms with Gasteiger partial charge in [-0.1, -0.05) is 23.1 Å². The molecule has 1 aliphatic heterocycles. The van der Waals surface area contributed by atoms with Gasteiger partial charge in [0.15, 0.2) is 4.34 Å². The van der Waals surface area contributed by atoms with Gasteiger partial charge >= 0.3 is 5.97 Å². The van der Waals surface area contributed by atoms with E-state index in [9.17, 15) is 9.59 Å². The molecule has 4 rings (SSSR count). The summed E-state index contributed by atoms with van der Waals surface area (Å²) in [7, 11) is 0. The number of thioether (sulfide) groups is 1. The maximum Gasteiger partial charge on any atom is 0.341 e. The molecule has 11 heteroatoms. The zero-order chi connectivity index (χ0) is 20.2. The highest BCUT2D eigenvalue weighted by Gasteiger charge is 2.28. The Morgan fingerprint density at radius 2 is 2.07 bits per heavy atom. The van der Waals surface area contributed by atoms with E-state index in [1.807, 2.05) is 0 Å². The van der Waals surface area contributed by atoms with E-state index in [0.717, 1.165) is 47.4 Å². The lowest BCUT2D eigenvalue weighted by atomic mass is 10.1. The number of hydrogen-bond donors (Lipinski definition) is 1. The molecule has 1 aliphatic carbocycles. The van der Waals surface area contributed by atoms with Crippen LogP contribution in [0.2, 0.25) is 0 Å². The summed E-state index contributed by atoms with van der Waals surface area (Å²) in [5, 5.41) is 12.8. The third kappa shape index (κ3) is 4.73. The van der Waals surface area contributed by atoms with E-state index in [4.69, 9.17) is 9.47 Å².